The molecule has 5 nitrogen and oxygen atoms in total. The zero-order chi connectivity index (χ0) is 15.1. The maximum absolute atomic E-state index is 10.6. The lowest BCUT2D eigenvalue weighted by Gasteiger charge is -2.57. The van der Waals surface area contributed by atoms with Gasteiger partial charge < -0.3 is 5.73 Å². The van der Waals surface area contributed by atoms with Gasteiger partial charge >= 0.3 is 9.15 Å². The van der Waals surface area contributed by atoms with E-state index in [-0.39, 0.29) is 5.75 Å². The zero-order valence-electron chi connectivity index (χ0n) is 12.2. The predicted octanol–water partition coefficient (Wildman–Crippen LogP) is 2.49. The summed E-state index contributed by atoms with van der Waals surface area (Å²) in [7, 11) is -3.60. The Labute approximate surface area is 130 Å². The molecule has 4 rings (SSSR count). The quantitative estimate of drug-likeness (QED) is 0.337. The minimum absolute atomic E-state index is 0.0414. The van der Waals surface area contributed by atoms with E-state index < -0.39 is 9.15 Å². The van der Waals surface area contributed by atoms with Gasteiger partial charge in [-0.3, -0.25) is 9.55 Å². The molecule has 4 aliphatic rings. The van der Waals surface area contributed by atoms with Crippen molar-refractivity contribution in [2.24, 2.45) is 33.9 Å². The fourth-order valence-corrected chi connectivity index (χ4v) is 6.38. The van der Waals surface area contributed by atoms with Gasteiger partial charge in [0, 0.05) is 17.3 Å². The van der Waals surface area contributed by atoms with E-state index in [9.17, 15) is 8.42 Å². The van der Waals surface area contributed by atoms with E-state index in [4.69, 9.17) is 10.3 Å². The molecule has 4 saturated carbocycles. The molecule has 4 bridgehead atoms. The van der Waals surface area contributed by atoms with Gasteiger partial charge in [-0.25, -0.2) is 0 Å². The Hall–Kier alpha value is -0.270. The molecule has 7 heteroatoms. The first-order valence-electron chi connectivity index (χ1n) is 7.74. The van der Waals surface area contributed by atoms with Gasteiger partial charge in [-0.15, -0.1) is 0 Å². The molecule has 0 atom stereocenters. The van der Waals surface area contributed by atoms with Crippen molar-refractivity contribution in [2.75, 3.05) is 12.3 Å². The molecule has 0 aromatic rings. The number of hydrogen-bond donors (Lipinski definition) is 2. The van der Waals surface area contributed by atoms with E-state index in [1.807, 2.05) is 0 Å². The zero-order valence-corrected chi connectivity index (χ0v) is 13.8. The third-order valence-corrected chi connectivity index (χ3v) is 7.44. The van der Waals surface area contributed by atoms with Gasteiger partial charge in [0.05, 0.1) is 5.75 Å². The second kappa shape index (κ2) is 5.74. The molecule has 0 radical (unpaired) electrons. The molecule has 4 aliphatic carbocycles. The highest BCUT2D eigenvalue weighted by Gasteiger charge is 2.50. The van der Waals surface area contributed by atoms with E-state index in [1.165, 1.54) is 38.5 Å². The van der Waals surface area contributed by atoms with Crippen molar-refractivity contribution in [3.8, 4) is 0 Å². The Bertz CT molecular complexity index is 495. The largest absolute Gasteiger partial charge is 0.387 e. The Morgan fingerprint density at radius 1 is 1.19 bits per heavy atom. The Kier molecular flexibility index (Phi) is 4.27. The number of nitrogens with two attached hydrogens (primary N) is 1. The molecule has 3 N–H and O–H groups in total. The molecular formula is C14H24N2O3S2. The molecule has 120 valence electrons. The molecule has 0 heterocycles. The van der Waals surface area contributed by atoms with Gasteiger partial charge in [0.1, 0.15) is 5.84 Å². The second-order valence-corrected chi connectivity index (χ2v) is 10.6. The van der Waals surface area contributed by atoms with Crippen LogP contribution in [0, 0.1) is 23.2 Å². The average molecular weight is 332 g/mol. The first-order chi connectivity index (χ1) is 9.84. The van der Waals surface area contributed by atoms with Crippen LogP contribution in [0.5, 0.6) is 0 Å². The molecule has 0 amide bonds. The average Bonchev–Trinajstić information content (AvgIpc) is 2.33. The van der Waals surface area contributed by atoms with Crippen molar-refractivity contribution in [2.45, 2.75) is 44.9 Å². The lowest BCUT2D eigenvalue weighted by molar-refractivity contribution is -0.0556. The molecule has 0 unspecified atom stereocenters. The van der Waals surface area contributed by atoms with Crippen LogP contribution in [0.4, 0.5) is 0 Å². The normalized spacial score (nSPS) is 38.9. The molecule has 0 saturated heterocycles. The highest BCUT2D eigenvalue weighted by atomic mass is 33.1. The highest BCUT2D eigenvalue weighted by molar-refractivity contribution is 8.70. The van der Waals surface area contributed by atoms with Crippen molar-refractivity contribution in [3.05, 3.63) is 0 Å². The molecule has 4 fully saturated rings. The number of amidine groups is 1. The minimum Gasteiger partial charge on any atom is -0.387 e. The van der Waals surface area contributed by atoms with Gasteiger partial charge in [-0.2, -0.15) is 8.42 Å². The van der Waals surface area contributed by atoms with Gasteiger partial charge in [0.25, 0.3) is 0 Å². The van der Waals surface area contributed by atoms with Crippen LogP contribution >= 0.6 is 10.8 Å². The number of nitrogens with zero attached hydrogens (tertiary/aromatic N) is 1. The van der Waals surface area contributed by atoms with Crippen LogP contribution in [-0.2, 0) is 9.15 Å². The summed E-state index contributed by atoms with van der Waals surface area (Å²) in [6, 6.07) is 0. The molecule has 0 spiro atoms. The van der Waals surface area contributed by atoms with Crippen LogP contribution in [-0.4, -0.2) is 31.1 Å². The molecule has 0 aliphatic heterocycles. The summed E-state index contributed by atoms with van der Waals surface area (Å²) in [5.41, 5.74) is 6.19. The van der Waals surface area contributed by atoms with E-state index in [0.717, 1.165) is 24.2 Å². The summed E-state index contributed by atoms with van der Waals surface area (Å²) in [6.07, 6.45) is 9.46. The van der Waals surface area contributed by atoms with E-state index in [2.05, 4.69) is 4.99 Å². The van der Waals surface area contributed by atoms with E-state index in [0.29, 0.717) is 28.6 Å². The fraction of sp³-hybridized carbons (Fsp3) is 0.929. The Morgan fingerprint density at radius 2 is 1.71 bits per heavy atom. The lowest BCUT2D eigenvalue weighted by atomic mass is 9.49. The van der Waals surface area contributed by atoms with E-state index in [1.54, 1.807) is 0 Å². The molecule has 0 aromatic carbocycles. The van der Waals surface area contributed by atoms with E-state index >= 15 is 0 Å². The predicted molar refractivity (Wildman–Crippen MR) is 85.7 cm³/mol. The summed E-state index contributed by atoms with van der Waals surface area (Å²) in [4.78, 5) is 4.30. The van der Waals surface area contributed by atoms with Crippen LogP contribution in [0.25, 0.3) is 0 Å². The van der Waals surface area contributed by atoms with Crippen LogP contribution in [0.1, 0.15) is 44.9 Å². The molecule has 21 heavy (non-hydrogen) atoms. The summed E-state index contributed by atoms with van der Waals surface area (Å²) < 4.78 is 30.0. The van der Waals surface area contributed by atoms with Crippen molar-refractivity contribution < 1.29 is 13.0 Å². The van der Waals surface area contributed by atoms with Gasteiger partial charge in [0.15, 0.2) is 0 Å². The van der Waals surface area contributed by atoms with Gasteiger partial charge in [-0.05, 0) is 68.1 Å². The summed E-state index contributed by atoms with van der Waals surface area (Å²) in [5.74, 6) is 3.16. The van der Waals surface area contributed by atoms with Crippen molar-refractivity contribution >= 4 is 25.8 Å². The summed E-state index contributed by atoms with van der Waals surface area (Å²) in [5, 5.41) is 0. The number of rotatable bonds is 6. The Morgan fingerprint density at radius 3 is 2.19 bits per heavy atom. The highest BCUT2D eigenvalue weighted by Crippen LogP contribution is 2.61. The minimum atomic E-state index is -4.03. The SMILES string of the molecule is NC(CSS(=O)(=O)O)=NCCC12CC3CC(CC(C3)C1)C2. The number of aliphatic imine (C=N–C) groups is 1. The first-order valence-corrected chi connectivity index (χ1v) is 10.7. The number of hydrogen-bond acceptors (Lipinski definition) is 4. The van der Waals surface area contributed by atoms with Crippen LogP contribution < -0.4 is 5.73 Å². The standard InChI is InChI=1S/C14H24N2O3S2/c15-13(9-20-21(17,18)19)16-2-1-14-6-10-3-11(7-14)5-12(4-10)8-14/h10-12H,1-9H2,(H2,15,16)(H,17,18,19). The first kappa shape index (κ1) is 15.6. The topological polar surface area (TPSA) is 92.8 Å². The smallest absolute Gasteiger partial charge is 0.320 e. The fourth-order valence-electron chi connectivity index (χ4n) is 5.21. The van der Waals surface area contributed by atoms with Crippen molar-refractivity contribution in [1.29, 1.82) is 0 Å². The third kappa shape index (κ3) is 3.93. The van der Waals surface area contributed by atoms with Crippen molar-refractivity contribution in [3.63, 3.8) is 0 Å². The third-order valence-electron chi connectivity index (χ3n) is 5.48. The van der Waals surface area contributed by atoms with Gasteiger partial charge in [-0.1, -0.05) is 0 Å². The monoisotopic (exact) mass is 332 g/mol. The van der Waals surface area contributed by atoms with Crippen LogP contribution in [0.2, 0.25) is 0 Å². The lowest BCUT2D eigenvalue weighted by Crippen LogP contribution is -2.46. The summed E-state index contributed by atoms with van der Waals surface area (Å²) >= 11 is 0. The maximum atomic E-state index is 10.6. The molecular weight excluding hydrogens is 308 g/mol. The van der Waals surface area contributed by atoms with Gasteiger partial charge in [0.2, 0.25) is 0 Å². The van der Waals surface area contributed by atoms with Crippen LogP contribution in [0.3, 0.4) is 0 Å². The second-order valence-electron chi connectivity index (χ2n) is 7.23. The molecule has 0 aromatic heterocycles. The summed E-state index contributed by atoms with van der Waals surface area (Å²) in [6.45, 7) is 0.685. The maximum Gasteiger partial charge on any atom is 0.320 e. The van der Waals surface area contributed by atoms with Crippen molar-refractivity contribution in [1.82, 2.24) is 0 Å². The Balaban J connectivity index is 1.51. The van der Waals surface area contributed by atoms with Crippen LogP contribution in [0.15, 0.2) is 4.99 Å².